The van der Waals surface area contributed by atoms with Gasteiger partial charge in [-0.1, -0.05) is 13.0 Å². The van der Waals surface area contributed by atoms with E-state index in [1.165, 1.54) is 6.42 Å². The maximum absolute atomic E-state index is 3.95. The minimum absolute atomic E-state index is 0.692. The molecule has 3 unspecified atom stereocenters. The first-order chi connectivity index (χ1) is 3.75. The first kappa shape index (κ1) is 5.83. The van der Waals surface area contributed by atoms with Crippen LogP contribution in [0.2, 0.25) is 0 Å². The lowest BCUT2D eigenvalue weighted by molar-refractivity contribution is -0.390. The Morgan fingerprint density at radius 1 is 1.88 bits per heavy atom. The summed E-state index contributed by atoms with van der Waals surface area (Å²) in [5.41, 5.74) is 3.95. The fraction of sp³-hybridized carbons (Fsp3) is 0.714. The summed E-state index contributed by atoms with van der Waals surface area (Å²) >= 11 is 0. The van der Waals surface area contributed by atoms with Gasteiger partial charge < -0.3 is 5.73 Å². The molecular weight excluding hydrogens is 98.1 g/mol. The molecule has 46 valence electrons. The highest BCUT2D eigenvalue weighted by atomic mass is 14.7. The molecule has 0 aromatic heterocycles. The van der Waals surface area contributed by atoms with E-state index in [1.807, 2.05) is 6.08 Å². The van der Waals surface area contributed by atoms with E-state index < -0.39 is 0 Å². The molecule has 1 heteroatoms. The molecule has 1 aliphatic rings. The smallest absolute Gasteiger partial charge is 0.0885 e. The molecular formula is C7H14N+. The fourth-order valence-corrected chi connectivity index (χ4v) is 1.09. The summed E-state index contributed by atoms with van der Waals surface area (Å²) < 4.78 is 0. The van der Waals surface area contributed by atoms with Gasteiger partial charge in [0.05, 0.1) is 6.04 Å². The van der Waals surface area contributed by atoms with Crippen molar-refractivity contribution in [3.8, 4) is 0 Å². The van der Waals surface area contributed by atoms with Crippen LogP contribution in [-0.2, 0) is 0 Å². The Kier molecular flexibility index (Phi) is 1.39. The predicted octanol–water partition coefficient (Wildman–Crippen LogP) is 0.439. The lowest BCUT2D eigenvalue weighted by atomic mass is 10.1. The van der Waals surface area contributed by atoms with Crippen molar-refractivity contribution < 1.29 is 5.73 Å². The quantitative estimate of drug-likeness (QED) is 0.502. The van der Waals surface area contributed by atoms with Gasteiger partial charge in [-0.15, -0.1) is 6.58 Å². The molecule has 3 N–H and O–H groups in total. The molecule has 0 aromatic rings. The molecule has 0 spiro atoms. The van der Waals surface area contributed by atoms with Crippen molar-refractivity contribution >= 4 is 0 Å². The Labute approximate surface area is 50.6 Å². The summed E-state index contributed by atoms with van der Waals surface area (Å²) in [5, 5.41) is 0. The van der Waals surface area contributed by atoms with E-state index in [4.69, 9.17) is 0 Å². The summed E-state index contributed by atoms with van der Waals surface area (Å²) in [4.78, 5) is 0. The molecule has 1 saturated carbocycles. The first-order valence-electron chi connectivity index (χ1n) is 3.21. The molecule has 0 aliphatic heterocycles. The molecule has 0 aromatic carbocycles. The standard InChI is InChI=1S/C7H13N/c1-3-5(2)6-4-7(6)8/h3,5-7H,1,4,8H2,2H3/p+1. The van der Waals surface area contributed by atoms with E-state index >= 15 is 0 Å². The third-order valence-corrected chi connectivity index (χ3v) is 2.02. The van der Waals surface area contributed by atoms with Crippen LogP contribution in [0, 0.1) is 11.8 Å². The number of hydrogen-bond acceptors (Lipinski definition) is 0. The van der Waals surface area contributed by atoms with Gasteiger partial charge in [-0.3, -0.25) is 0 Å². The van der Waals surface area contributed by atoms with E-state index in [0.717, 1.165) is 12.0 Å². The van der Waals surface area contributed by atoms with Gasteiger partial charge in [0.25, 0.3) is 0 Å². The van der Waals surface area contributed by atoms with Crippen molar-refractivity contribution in [2.75, 3.05) is 0 Å². The molecule has 8 heavy (non-hydrogen) atoms. The van der Waals surface area contributed by atoms with Crippen LogP contribution in [0.25, 0.3) is 0 Å². The molecule has 0 radical (unpaired) electrons. The van der Waals surface area contributed by atoms with Gasteiger partial charge in [-0.25, -0.2) is 0 Å². The minimum Gasteiger partial charge on any atom is -0.355 e. The van der Waals surface area contributed by atoms with Gasteiger partial charge in [0.2, 0.25) is 0 Å². The maximum atomic E-state index is 3.95. The Morgan fingerprint density at radius 2 is 2.38 bits per heavy atom. The molecule has 1 nitrogen and oxygen atoms in total. The second-order valence-corrected chi connectivity index (χ2v) is 2.75. The number of quaternary nitrogens is 1. The number of rotatable bonds is 2. The average molecular weight is 112 g/mol. The van der Waals surface area contributed by atoms with Crippen molar-refractivity contribution in [2.45, 2.75) is 19.4 Å². The SMILES string of the molecule is C=CC(C)C1CC1[NH3+]. The number of hydrogen-bond donors (Lipinski definition) is 1. The van der Waals surface area contributed by atoms with Gasteiger partial charge >= 0.3 is 0 Å². The van der Waals surface area contributed by atoms with Crippen molar-refractivity contribution in [3.05, 3.63) is 12.7 Å². The molecule has 0 bridgehead atoms. The van der Waals surface area contributed by atoms with E-state index in [1.54, 1.807) is 0 Å². The zero-order chi connectivity index (χ0) is 6.15. The van der Waals surface area contributed by atoms with Crippen LogP contribution in [-0.4, -0.2) is 6.04 Å². The topological polar surface area (TPSA) is 27.6 Å². The third-order valence-electron chi connectivity index (χ3n) is 2.02. The van der Waals surface area contributed by atoms with Gasteiger partial charge in [0, 0.05) is 12.3 Å². The minimum atomic E-state index is 0.692. The number of allylic oxidation sites excluding steroid dienone is 1. The second-order valence-electron chi connectivity index (χ2n) is 2.75. The van der Waals surface area contributed by atoms with Crippen LogP contribution in [0.1, 0.15) is 13.3 Å². The van der Waals surface area contributed by atoms with E-state index in [9.17, 15) is 0 Å². The highest BCUT2D eigenvalue weighted by Gasteiger charge is 2.40. The van der Waals surface area contributed by atoms with E-state index in [-0.39, 0.29) is 0 Å². The van der Waals surface area contributed by atoms with Crippen molar-refractivity contribution in [1.82, 2.24) is 0 Å². The Morgan fingerprint density at radius 3 is 2.50 bits per heavy atom. The largest absolute Gasteiger partial charge is 0.355 e. The van der Waals surface area contributed by atoms with Gasteiger partial charge in [0.1, 0.15) is 0 Å². The lowest BCUT2D eigenvalue weighted by Crippen LogP contribution is -2.53. The van der Waals surface area contributed by atoms with Crippen LogP contribution in [0.5, 0.6) is 0 Å². The van der Waals surface area contributed by atoms with Crippen LogP contribution >= 0.6 is 0 Å². The second kappa shape index (κ2) is 1.90. The summed E-state index contributed by atoms with van der Waals surface area (Å²) in [7, 11) is 0. The monoisotopic (exact) mass is 112 g/mol. The van der Waals surface area contributed by atoms with Crippen LogP contribution in [0.15, 0.2) is 12.7 Å². The van der Waals surface area contributed by atoms with Crippen molar-refractivity contribution in [1.29, 1.82) is 0 Å². The van der Waals surface area contributed by atoms with Crippen LogP contribution in [0.4, 0.5) is 0 Å². The molecule has 0 saturated heterocycles. The Balaban J connectivity index is 2.27. The fourth-order valence-electron chi connectivity index (χ4n) is 1.09. The maximum Gasteiger partial charge on any atom is 0.0885 e. The molecule has 0 heterocycles. The summed E-state index contributed by atoms with van der Waals surface area (Å²) in [6.07, 6.45) is 3.34. The van der Waals surface area contributed by atoms with E-state index in [0.29, 0.717) is 5.92 Å². The molecule has 1 fully saturated rings. The highest BCUT2D eigenvalue weighted by Crippen LogP contribution is 2.34. The predicted molar refractivity (Wildman–Crippen MR) is 34.1 cm³/mol. The summed E-state index contributed by atoms with van der Waals surface area (Å²) in [6, 6.07) is 0.725. The zero-order valence-corrected chi connectivity index (χ0v) is 5.43. The van der Waals surface area contributed by atoms with Crippen molar-refractivity contribution in [3.63, 3.8) is 0 Å². The normalized spacial score (nSPS) is 38.8. The van der Waals surface area contributed by atoms with Gasteiger partial charge in [-0.05, 0) is 5.92 Å². The van der Waals surface area contributed by atoms with Gasteiger partial charge in [0.15, 0.2) is 0 Å². The van der Waals surface area contributed by atoms with Crippen LogP contribution in [0.3, 0.4) is 0 Å². The summed E-state index contributed by atoms with van der Waals surface area (Å²) in [5.74, 6) is 1.55. The van der Waals surface area contributed by atoms with Crippen molar-refractivity contribution in [2.24, 2.45) is 11.8 Å². The van der Waals surface area contributed by atoms with Gasteiger partial charge in [-0.2, -0.15) is 0 Å². The summed E-state index contributed by atoms with van der Waals surface area (Å²) in [6.45, 7) is 5.94. The molecule has 1 aliphatic carbocycles. The first-order valence-corrected chi connectivity index (χ1v) is 3.21. The molecule has 1 rings (SSSR count). The Bertz CT molecular complexity index is 98.6. The molecule has 3 atom stereocenters. The molecule has 0 amide bonds. The highest BCUT2D eigenvalue weighted by molar-refractivity contribution is 4.94. The van der Waals surface area contributed by atoms with E-state index in [2.05, 4.69) is 19.2 Å². The Hall–Kier alpha value is -0.300. The zero-order valence-electron chi connectivity index (χ0n) is 5.43. The van der Waals surface area contributed by atoms with Crippen LogP contribution < -0.4 is 5.73 Å². The third kappa shape index (κ3) is 0.920. The average Bonchev–Trinajstić information content (AvgIpc) is 2.45. The lowest BCUT2D eigenvalue weighted by Gasteiger charge is -1.97.